The van der Waals surface area contributed by atoms with E-state index in [1.807, 2.05) is 45.2 Å². The van der Waals surface area contributed by atoms with Crippen LogP contribution in [-0.4, -0.2) is 90.6 Å². The molecule has 0 aliphatic carbocycles. The van der Waals surface area contributed by atoms with E-state index in [-0.39, 0.29) is 24.9 Å². The zero-order valence-corrected chi connectivity index (χ0v) is 33.8. The summed E-state index contributed by atoms with van der Waals surface area (Å²) in [5.41, 5.74) is 7.34. The molecule has 306 valence electrons. The normalized spacial score (nSPS) is 12.5. The van der Waals surface area contributed by atoms with Crippen LogP contribution in [0.5, 0.6) is 5.75 Å². The molecule has 1 unspecified atom stereocenters. The molecule has 14 heteroatoms. The molecule has 1 atom stereocenters. The summed E-state index contributed by atoms with van der Waals surface area (Å²) in [4.78, 5) is 64.9. The molecule has 4 amide bonds. The predicted octanol–water partition coefficient (Wildman–Crippen LogP) is 6.20. The maximum absolute atomic E-state index is 13.7. The number of aromatic nitrogens is 2. The number of aliphatic imine (C=N–C) groups is 1. The van der Waals surface area contributed by atoms with Gasteiger partial charge in [0.25, 0.3) is 0 Å². The van der Waals surface area contributed by atoms with Gasteiger partial charge in [0, 0.05) is 42.9 Å². The van der Waals surface area contributed by atoms with Gasteiger partial charge in [-0.05, 0) is 58.7 Å². The highest BCUT2D eigenvalue weighted by Gasteiger charge is 2.27. The predicted molar refractivity (Wildman–Crippen MR) is 228 cm³/mol. The molecule has 4 aromatic carbocycles. The zero-order chi connectivity index (χ0) is 41.7. The average Bonchev–Trinajstić information content (AvgIpc) is 3.74. The Kier molecular flexibility index (Phi) is 14.1. The summed E-state index contributed by atoms with van der Waals surface area (Å²) in [5.74, 6) is 1.07. The fourth-order valence-electron chi connectivity index (χ4n) is 7.11. The lowest BCUT2D eigenvalue weighted by Crippen LogP contribution is -2.44. The third-order valence-electron chi connectivity index (χ3n) is 10.0. The third kappa shape index (κ3) is 9.96. The highest BCUT2D eigenvalue weighted by molar-refractivity contribution is 5.98. The van der Waals surface area contributed by atoms with E-state index in [0.29, 0.717) is 44.0 Å². The molecule has 1 aliphatic heterocycles. The maximum Gasteiger partial charge on any atom is 0.407 e. The number of methoxy groups -OCH3 is 1. The first-order chi connectivity index (χ1) is 28.8. The summed E-state index contributed by atoms with van der Waals surface area (Å²) < 4.78 is 11.2. The minimum Gasteiger partial charge on any atom is -0.488 e. The van der Waals surface area contributed by atoms with Crippen LogP contribution in [0.1, 0.15) is 55.2 Å². The van der Waals surface area contributed by atoms with Gasteiger partial charge in [0.15, 0.2) is 0 Å². The van der Waals surface area contributed by atoms with Crippen LogP contribution in [0.4, 0.5) is 4.79 Å². The number of amides is 4. The molecule has 5 aromatic rings. The number of rotatable bonds is 18. The van der Waals surface area contributed by atoms with Crippen LogP contribution in [-0.2, 0) is 32.3 Å². The number of fused-ring (bicyclic) bond motifs is 5. The van der Waals surface area contributed by atoms with Crippen molar-refractivity contribution in [2.24, 2.45) is 4.99 Å². The Morgan fingerprint density at radius 1 is 0.983 bits per heavy atom. The fraction of sp³-hybridized carbons (Fsp3) is 0.289. The number of hydrogen-bond acceptors (Lipinski definition) is 9. The van der Waals surface area contributed by atoms with Crippen LogP contribution < -0.4 is 20.7 Å². The molecule has 0 bridgehead atoms. The number of carbonyl (C=O) groups excluding carboxylic acids is 4. The molecule has 6 rings (SSSR count). The number of ether oxygens (including phenoxy) is 2. The lowest BCUT2D eigenvalue weighted by atomic mass is 9.92. The summed E-state index contributed by atoms with van der Waals surface area (Å²) in [7, 11) is 3.11. The van der Waals surface area contributed by atoms with Crippen molar-refractivity contribution in [2.75, 3.05) is 40.3 Å². The van der Waals surface area contributed by atoms with Crippen molar-refractivity contribution >= 4 is 47.0 Å². The Morgan fingerprint density at radius 3 is 2.51 bits per heavy atom. The molecular weight excluding hydrogens is 749 g/mol. The molecule has 0 fully saturated rings. The van der Waals surface area contributed by atoms with Gasteiger partial charge >= 0.3 is 6.09 Å². The maximum atomic E-state index is 13.7. The second-order valence-corrected chi connectivity index (χ2v) is 14.0. The molecule has 0 saturated carbocycles. The zero-order valence-electron chi connectivity index (χ0n) is 33.8. The standard InChI is InChI=1S/C45H50N8O6/c1-5-19-52(44(56)42(51-45(57)58-4)30-10-8-7-9-11-30)21-18-47-24-38(46-3)32-13-15-35-34(23-32)28-59-43-36-16-14-33(22-31(36)12-17-37(35)43)39-25-49-40(50-39)27-53(20-6-2)41(55)26-48-29-54/h7-18,22-25,29,42,46H,5-6,19-21,26-28H2,1-4H3,(H,48,54)(H,49,50)(H,51,57)/b38-24-,47-18+. The van der Waals surface area contributed by atoms with Crippen LogP contribution >= 0.6 is 0 Å². The summed E-state index contributed by atoms with van der Waals surface area (Å²) in [6.07, 6.45) is 6.55. The van der Waals surface area contributed by atoms with Crippen LogP contribution in [0.25, 0.3) is 38.9 Å². The summed E-state index contributed by atoms with van der Waals surface area (Å²) in [5, 5.41) is 10.4. The van der Waals surface area contributed by atoms with E-state index < -0.39 is 12.1 Å². The highest BCUT2D eigenvalue weighted by atomic mass is 16.5. The molecule has 4 N–H and O–H groups in total. The van der Waals surface area contributed by atoms with Gasteiger partial charge in [-0.3, -0.25) is 19.4 Å². The Hall–Kier alpha value is -6.96. The minimum absolute atomic E-state index is 0.0508. The number of alkyl carbamates (subject to hydrolysis) is 1. The van der Waals surface area contributed by atoms with Crippen molar-refractivity contribution < 1.29 is 28.7 Å². The lowest BCUT2D eigenvalue weighted by Gasteiger charge is -2.26. The molecule has 0 spiro atoms. The van der Waals surface area contributed by atoms with E-state index in [4.69, 9.17) is 9.47 Å². The number of nitrogens with one attached hydrogen (secondary N) is 4. The molecule has 0 radical (unpaired) electrons. The largest absolute Gasteiger partial charge is 0.488 e. The van der Waals surface area contributed by atoms with E-state index >= 15 is 0 Å². The highest BCUT2D eigenvalue weighted by Crippen LogP contribution is 2.43. The van der Waals surface area contributed by atoms with Gasteiger partial charge in [-0.1, -0.05) is 74.5 Å². The second kappa shape index (κ2) is 19.9. The molecule has 0 saturated heterocycles. The number of aromatic amines is 1. The number of imidazole rings is 1. The molecule has 59 heavy (non-hydrogen) atoms. The first kappa shape index (κ1) is 41.7. The minimum atomic E-state index is -0.895. The van der Waals surface area contributed by atoms with Crippen molar-refractivity contribution in [3.8, 4) is 28.1 Å². The van der Waals surface area contributed by atoms with Crippen LogP contribution in [0.15, 0.2) is 96.3 Å². The molecule has 14 nitrogen and oxygen atoms in total. The van der Waals surface area contributed by atoms with Crippen LogP contribution in [0.2, 0.25) is 0 Å². The van der Waals surface area contributed by atoms with E-state index in [1.54, 1.807) is 40.5 Å². The number of carbonyl (C=O) groups is 4. The van der Waals surface area contributed by atoms with Crippen molar-refractivity contribution in [2.45, 2.75) is 45.9 Å². The smallest absolute Gasteiger partial charge is 0.407 e. The lowest BCUT2D eigenvalue weighted by molar-refractivity contribution is -0.133. The fourth-order valence-corrected chi connectivity index (χ4v) is 7.11. The Labute approximate surface area is 343 Å². The Morgan fingerprint density at radius 2 is 1.76 bits per heavy atom. The van der Waals surface area contributed by atoms with E-state index in [1.165, 1.54) is 7.11 Å². The van der Waals surface area contributed by atoms with Gasteiger partial charge in [-0.2, -0.15) is 0 Å². The van der Waals surface area contributed by atoms with Crippen molar-refractivity contribution in [3.63, 3.8) is 0 Å². The van der Waals surface area contributed by atoms with Gasteiger partial charge < -0.3 is 40.2 Å². The molecular formula is C45H50N8O6. The third-order valence-corrected chi connectivity index (χ3v) is 10.0. The van der Waals surface area contributed by atoms with E-state index in [0.717, 1.165) is 68.6 Å². The van der Waals surface area contributed by atoms with Crippen molar-refractivity contribution in [1.29, 1.82) is 0 Å². The average molecular weight is 799 g/mol. The summed E-state index contributed by atoms with van der Waals surface area (Å²) in [6, 6.07) is 24.8. The number of nitrogens with zero attached hydrogens (tertiary/aromatic N) is 4. The Bertz CT molecular complexity index is 2340. The Balaban J connectivity index is 1.16. The first-order valence-corrected chi connectivity index (χ1v) is 19.7. The molecule has 1 aromatic heterocycles. The van der Waals surface area contributed by atoms with E-state index in [9.17, 15) is 19.2 Å². The van der Waals surface area contributed by atoms with Crippen LogP contribution in [0, 0.1) is 0 Å². The summed E-state index contributed by atoms with van der Waals surface area (Å²) >= 11 is 0. The van der Waals surface area contributed by atoms with Crippen LogP contribution in [0.3, 0.4) is 0 Å². The SMILES string of the molecule is CCCN(Cc1ncc(-c2ccc3c4c(ccc3c2)-c2ccc(/C(=C/N=C/CN(CCC)C(=O)C(NC(=O)OC)c3ccccc3)NC)cc2CO4)[nH]1)C(=O)CNC=O. The second-order valence-electron chi connectivity index (χ2n) is 14.0. The van der Waals surface area contributed by atoms with E-state index in [2.05, 4.69) is 73.4 Å². The number of hydrogen-bond donors (Lipinski definition) is 4. The van der Waals surface area contributed by atoms with Gasteiger partial charge in [0.1, 0.15) is 24.2 Å². The molecule has 1 aliphatic rings. The first-order valence-electron chi connectivity index (χ1n) is 19.7. The van der Waals surface area contributed by atoms with Gasteiger partial charge in [0.2, 0.25) is 18.2 Å². The van der Waals surface area contributed by atoms with Gasteiger partial charge in [0.05, 0.1) is 50.5 Å². The topological polar surface area (TPSA) is 170 Å². The quantitative estimate of drug-likeness (QED) is 0.0600. The van der Waals surface area contributed by atoms with Gasteiger partial charge in [-0.15, -0.1) is 0 Å². The number of benzene rings is 4. The van der Waals surface area contributed by atoms with Crippen molar-refractivity contribution in [1.82, 2.24) is 35.7 Å². The molecule has 2 heterocycles. The van der Waals surface area contributed by atoms with Crippen molar-refractivity contribution in [3.05, 3.63) is 114 Å². The monoisotopic (exact) mass is 798 g/mol. The summed E-state index contributed by atoms with van der Waals surface area (Å²) in [6.45, 7) is 5.95. The number of H-pyrrole nitrogens is 1. The van der Waals surface area contributed by atoms with Gasteiger partial charge in [-0.25, -0.2) is 9.78 Å².